The van der Waals surface area contributed by atoms with Gasteiger partial charge >= 0.3 is 0 Å². The predicted octanol–water partition coefficient (Wildman–Crippen LogP) is 4.61. The van der Waals surface area contributed by atoms with Crippen LogP contribution in [0.4, 0.5) is 15.8 Å². The average molecular weight is 479 g/mol. The van der Waals surface area contributed by atoms with Crippen molar-refractivity contribution in [2.75, 3.05) is 23.8 Å². The van der Waals surface area contributed by atoms with Crippen molar-refractivity contribution in [3.63, 3.8) is 0 Å². The zero-order chi connectivity index (χ0) is 23.3. The summed E-state index contributed by atoms with van der Waals surface area (Å²) in [6.07, 6.45) is 0. The first kappa shape index (κ1) is 23.4. The number of sulfonamides is 1. The maximum absolute atomic E-state index is 13.0. The molecule has 3 aromatic carbocycles. The summed E-state index contributed by atoms with van der Waals surface area (Å²) in [5.74, 6) is -0.0427. The van der Waals surface area contributed by atoms with E-state index in [1.807, 2.05) is 0 Å². The molecule has 0 spiro atoms. The Morgan fingerprint density at radius 3 is 2.28 bits per heavy atom. The van der Waals surface area contributed by atoms with Crippen LogP contribution in [0, 0.1) is 12.7 Å². The van der Waals surface area contributed by atoms with E-state index in [4.69, 9.17) is 21.1 Å². The molecule has 168 valence electrons. The highest BCUT2D eigenvalue weighted by atomic mass is 35.5. The van der Waals surface area contributed by atoms with Gasteiger partial charge in [0.05, 0.1) is 17.0 Å². The number of anilines is 2. The Balaban J connectivity index is 1.63. The van der Waals surface area contributed by atoms with Gasteiger partial charge in [0, 0.05) is 11.4 Å². The lowest BCUT2D eigenvalue weighted by atomic mass is 10.2. The van der Waals surface area contributed by atoms with E-state index < -0.39 is 21.7 Å². The number of carbonyl (C=O) groups is 1. The second-order valence-corrected chi connectivity index (χ2v) is 8.82. The van der Waals surface area contributed by atoms with Crippen LogP contribution in [0.25, 0.3) is 0 Å². The van der Waals surface area contributed by atoms with Gasteiger partial charge in [-0.1, -0.05) is 11.6 Å². The van der Waals surface area contributed by atoms with Crippen molar-refractivity contribution < 1.29 is 27.1 Å². The van der Waals surface area contributed by atoms with Crippen LogP contribution >= 0.6 is 11.6 Å². The van der Waals surface area contributed by atoms with Gasteiger partial charge in [-0.25, -0.2) is 12.8 Å². The molecule has 0 aliphatic rings. The molecule has 1 amide bonds. The summed E-state index contributed by atoms with van der Waals surface area (Å²) in [5, 5.41) is 3.01. The standard InChI is InChI=1S/C22H20ClFN2O5S/c1-14-11-18(32(28,29)26-16-5-3-15(24)4-6-16)8-10-20(14)31-13-22(27)25-17-7-9-21(30-2)19(23)12-17/h3-12,26H,13H2,1-2H3,(H,25,27). The number of benzene rings is 3. The number of methoxy groups -OCH3 is 1. The molecule has 0 saturated carbocycles. The zero-order valence-electron chi connectivity index (χ0n) is 17.2. The molecule has 0 fully saturated rings. The minimum atomic E-state index is -3.88. The summed E-state index contributed by atoms with van der Waals surface area (Å²) < 4.78 is 51.1. The fourth-order valence-corrected chi connectivity index (χ4v) is 4.17. The molecule has 32 heavy (non-hydrogen) atoms. The second kappa shape index (κ2) is 9.88. The van der Waals surface area contributed by atoms with Crippen molar-refractivity contribution in [2.45, 2.75) is 11.8 Å². The van der Waals surface area contributed by atoms with Gasteiger partial charge < -0.3 is 14.8 Å². The van der Waals surface area contributed by atoms with Gasteiger partial charge in [-0.3, -0.25) is 9.52 Å². The quantitative estimate of drug-likeness (QED) is 0.493. The van der Waals surface area contributed by atoms with Crippen LogP contribution in [0.2, 0.25) is 5.02 Å². The number of nitrogens with one attached hydrogen (secondary N) is 2. The molecule has 0 aromatic heterocycles. The summed E-state index contributed by atoms with van der Waals surface area (Å²) in [5.41, 5.74) is 1.24. The van der Waals surface area contributed by atoms with Crippen LogP contribution in [0.1, 0.15) is 5.56 Å². The Bertz CT molecular complexity index is 1230. The third-order valence-electron chi connectivity index (χ3n) is 4.35. The Hall–Kier alpha value is -3.30. The van der Waals surface area contributed by atoms with Gasteiger partial charge in [0.15, 0.2) is 6.61 Å². The minimum absolute atomic E-state index is 0.00370. The highest BCUT2D eigenvalue weighted by molar-refractivity contribution is 7.92. The Morgan fingerprint density at radius 2 is 1.66 bits per heavy atom. The molecule has 3 rings (SSSR count). The largest absolute Gasteiger partial charge is 0.495 e. The predicted molar refractivity (Wildman–Crippen MR) is 121 cm³/mol. The number of carbonyl (C=O) groups excluding carboxylic acids is 1. The molecule has 0 aliphatic carbocycles. The monoisotopic (exact) mass is 478 g/mol. The van der Waals surface area contributed by atoms with Gasteiger partial charge in [-0.05, 0) is 73.2 Å². The second-order valence-electron chi connectivity index (χ2n) is 6.73. The third-order valence-corrected chi connectivity index (χ3v) is 6.02. The Kier molecular flexibility index (Phi) is 7.22. The van der Waals surface area contributed by atoms with Crippen LogP contribution in [0.5, 0.6) is 11.5 Å². The van der Waals surface area contributed by atoms with Gasteiger partial charge in [-0.15, -0.1) is 0 Å². The fourth-order valence-electron chi connectivity index (χ4n) is 2.77. The smallest absolute Gasteiger partial charge is 0.262 e. The summed E-state index contributed by atoms with van der Waals surface area (Å²) in [7, 11) is -2.39. The SMILES string of the molecule is COc1ccc(NC(=O)COc2ccc(S(=O)(=O)Nc3ccc(F)cc3)cc2C)cc1Cl. The number of ether oxygens (including phenoxy) is 2. The van der Waals surface area contributed by atoms with E-state index in [0.29, 0.717) is 27.8 Å². The van der Waals surface area contributed by atoms with E-state index in [1.54, 1.807) is 25.1 Å². The molecular formula is C22H20ClFN2O5S. The molecule has 0 saturated heterocycles. The van der Waals surface area contributed by atoms with Crippen molar-refractivity contribution in [2.24, 2.45) is 0 Å². The van der Waals surface area contributed by atoms with Crippen LogP contribution in [-0.2, 0) is 14.8 Å². The van der Waals surface area contributed by atoms with Gasteiger partial charge in [0.25, 0.3) is 15.9 Å². The summed E-state index contributed by atoms with van der Waals surface area (Å²) >= 11 is 6.04. The number of amides is 1. The lowest BCUT2D eigenvalue weighted by Crippen LogP contribution is -2.20. The van der Waals surface area contributed by atoms with Crippen LogP contribution in [-0.4, -0.2) is 28.0 Å². The van der Waals surface area contributed by atoms with E-state index in [0.717, 1.165) is 12.1 Å². The van der Waals surface area contributed by atoms with Crippen molar-refractivity contribution in [3.8, 4) is 11.5 Å². The fraction of sp³-hybridized carbons (Fsp3) is 0.136. The average Bonchev–Trinajstić information content (AvgIpc) is 2.74. The van der Waals surface area contributed by atoms with Crippen molar-refractivity contribution >= 4 is 38.9 Å². The summed E-state index contributed by atoms with van der Waals surface area (Å²) in [4.78, 5) is 12.2. The van der Waals surface area contributed by atoms with E-state index in [9.17, 15) is 17.6 Å². The molecule has 0 radical (unpaired) electrons. The molecule has 2 N–H and O–H groups in total. The summed E-state index contributed by atoms with van der Waals surface area (Å²) in [6, 6.07) is 14.0. The van der Waals surface area contributed by atoms with Crippen LogP contribution in [0.3, 0.4) is 0 Å². The normalized spacial score (nSPS) is 11.0. The van der Waals surface area contributed by atoms with Gasteiger partial charge in [-0.2, -0.15) is 0 Å². The lowest BCUT2D eigenvalue weighted by molar-refractivity contribution is -0.118. The molecule has 0 aliphatic heterocycles. The van der Waals surface area contributed by atoms with E-state index >= 15 is 0 Å². The minimum Gasteiger partial charge on any atom is -0.495 e. The van der Waals surface area contributed by atoms with Crippen molar-refractivity contribution in [1.82, 2.24) is 0 Å². The third kappa shape index (κ3) is 5.89. The number of hydrogen-bond donors (Lipinski definition) is 2. The van der Waals surface area contributed by atoms with Gasteiger partial charge in [0.2, 0.25) is 0 Å². The molecule has 0 bridgehead atoms. The maximum atomic E-state index is 13.0. The van der Waals surface area contributed by atoms with E-state index in [-0.39, 0.29) is 17.2 Å². The molecule has 0 unspecified atom stereocenters. The van der Waals surface area contributed by atoms with E-state index in [1.165, 1.54) is 37.4 Å². The molecule has 10 heteroatoms. The van der Waals surface area contributed by atoms with Crippen LogP contribution in [0.15, 0.2) is 65.6 Å². The molecule has 0 heterocycles. The van der Waals surface area contributed by atoms with Gasteiger partial charge in [0.1, 0.15) is 17.3 Å². The number of rotatable bonds is 8. The first-order valence-electron chi connectivity index (χ1n) is 9.33. The summed E-state index contributed by atoms with van der Waals surface area (Å²) in [6.45, 7) is 1.37. The van der Waals surface area contributed by atoms with E-state index in [2.05, 4.69) is 10.0 Å². The molecule has 3 aromatic rings. The topological polar surface area (TPSA) is 93.7 Å². The Morgan fingerprint density at radius 1 is 1.00 bits per heavy atom. The number of hydrogen-bond acceptors (Lipinski definition) is 5. The first-order chi connectivity index (χ1) is 15.2. The van der Waals surface area contributed by atoms with Crippen molar-refractivity contribution in [1.29, 1.82) is 0 Å². The zero-order valence-corrected chi connectivity index (χ0v) is 18.8. The highest BCUT2D eigenvalue weighted by Crippen LogP contribution is 2.27. The van der Waals surface area contributed by atoms with Crippen molar-refractivity contribution in [3.05, 3.63) is 77.1 Å². The first-order valence-corrected chi connectivity index (χ1v) is 11.2. The lowest BCUT2D eigenvalue weighted by Gasteiger charge is -2.13. The Labute approximate surface area is 190 Å². The molecule has 0 atom stereocenters. The van der Waals surface area contributed by atoms with Crippen LogP contribution < -0.4 is 19.5 Å². The number of halogens is 2. The maximum Gasteiger partial charge on any atom is 0.262 e. The number of aryl methyl sites for hydroxylation is 1. The highest BCUT2D eigenvalue weighted by Gasteiger charge is 2.16. The molecular weight excluding hydrogens is 459 g/mol. The molecule has 7 nitrogen and oxygen atoms in total.